The molecule has 0 spiro atoms. The van der Waals surface area contributed by atoms with E-state index in [0.717, 1.165) is 17.0 Å². The first kappa shape index (κ1) is 15.9. The van der Waals surface area contributed by atoms with Gasteiger partial charge in [-0.3, -0.25) is 9.48 Å². The van der Waals surface area contributed by atoms with Crippen LogP contribution in [0.15, 0.2) is 18.2 Å². The quantitative estimate of drug-likeness (QED) is 0.937. The van der Waals surface area contributed by atoms with E-state index >= 15 is 0 Å². The molecule has 0 aliphatic rings. The van der Waals surface area contributed by atoms with Crippen LogP contribution in [-0.4, -0.2) is 22.2 Å². The van der Waals surface area contributed by atoms with Crippen molar-refractivity contribution in [3.63, 3.8) is 0 Å². The zero-order valence-corrected chi connectivity index (χ0v) is 13.7. The highest BCUT2D eigenvalue weighted by atomic mass is 35.5. The van der Waals surface area contributed by atoms with E-state index in [0.29, 0.717) is 28.6 Å². The number of carbonyl (C=O) groups is 1. The Morgan fingerprint density at radius 3 is 2.38 bits per heavy atom. The van der Waals surface area contributed by atoms with Gasteiger partial charge in [0, 0.05) is 29.3 Å². The van der Waals surface area contributed by atoms with Gasteiger partial charge in [0.1, 0.15) is 0 Å². The first-order valence-electron chi connectivity index (χ1n) is 6.62. The topological polar surface area (TPSA) is 46.9 Å². The summed E-state index contributed by atoms with van der Waals surface area (Å²) < 4.78 is 1.71. The molecule has 0 fully saturated rings. The second-order valence-electron chi connectivity index (χ2n) is 4.95. The summed E-state index contributed by atoms with van der Waals surface area (Å²) in [6, 6.07) is 5.38. The fourth-order valence-corrected chi connectivity index (χ4v) is 2.84. The first-order chi connectivity index (χ1) is 9.88. The van der Waals surface area contributed by atoms with Gasteiger partial charge in [0.2, 0.25) is 0 Å². The fourth-order valence-electron chi connectivity index (χ4n) is 2.27. The number of amides is 1. The first-order valence-corrected chi connectivity index (χ1v) is 7.37. The monoisotopic (exact) mass is 325 g/mol. The predicted octanol–water partition coefficient (Wildman–Crippen LogP) is 3.32. The van der Waals surface area contributed by atoms with Gasteiger partial charge in [-0.25, -0.2) is 0 Å². The van der Waals surface area contributed by atoms with Crippen molar-refractivity contribution in [3.8, 4) is 0 Å². The minimum absolute atomic E-state index is 0.105. The highest BCUT2D eigenvalue weighted by Gasteiger charge is 2.16. The van der Waals surface area contributed by atoms with Gasteiger partial charge < -0.3 is 5.32 Å². The average Bonchev–Trinajstić information content (AvgIpc) is 2.62. The molecule has 0 saturated carbocycles. The third kappa shape index (κ3) is 3.77. The number of nitrogens with one attached hydrogen (secondary N) is 1. The van der Waals surface area contributed by atoms with Crippen LogP contribution in [0.25, 0.3) is 0 Å². The highest BCUT2D eigenvalue weighted by Crippen LogP contribution is 2.19. The van der Waals surface area contributed by atoms with Crippen molar-refractivity contribution in [1.82, 2.24) is 15.1 Å². The lowest BCUT2D eigenvalue weighted by Crippen LogP contribution is -2.26. The lowest BCUT2D eigenvalue weighted by Gasteiger charge is -2.07. The molecule has 112 valence electrons. The van der Waals surface area contributed by atoms with Gasteiger partial charge in [-0.05, 0) is 44.0 Å². The third-order valence-corrected chi connectivity index (χ3v) is 3.79. The number of nitrogens with zero attached hydrogens (tertiary/aromatic N) is 2. The van der Waals surface area contributed by atoms with Gasteiger partial charge in [0.25, 0.3) is 5.91 Å². The van der Waals surface area contributed by atoms with Crippen LogP contribution < -0.4 is 5.32 Å². The predicted molar refractivity (Wildman–Crippen MR) is 85.2 cm³/mol. The smallest absolute Gasteiger partial charge is 0.255 e. The number of rotatable bonds is 4. The molecule has 2 aromatic rings. The maximum atomic E-state index is 12.2. The van der Waals surface area contributed by atoms with Gasteiger partial charge in [0.05, 0.1) is 11.3 Å². The van der Waals surface area contributed by atoms with Gasteiger partial charge in [-0.1, -0.05) is 23.2 Å². The molecule has 21 heavy (non-hydrogen) atoms. The maximum absolute atomic E-state index is 12.2. The Bertz CT molecular complexity index is 660. The molecule has 1 heterocycles. The van der Waals surface area contributed by atoms with Crippen LogP contribution in [0.1, 0.15) is 27.3 Å². The fraction of sp³-hybridized carbons (Fsp3) is 0.333. The van der Waals surface area contributed by atoms with E-state index in [1.165, 1.54) is 0 Å². The van der Waals surface area contributed by atoms with Crippen LogP contribution in [0.5, 0.6) is 0 Å². The molecule has 0 unspecified atom stereocenters. The number of halogens is 2. The Kier molecular flexibility index (Phi) is 4.91. The second-order valence-corrected chi connectivity index (χ2v) is 5.83. The number of benzene rings is 1. The van der Waals surface area contributed by atoms with Crippen LogP contribution in [0.2, 0.25) is 10.0 Å². The summed E-state index contributed by atoms with van der Waals surface area (Å²) >= 11 is 11.9. The number of aryl methyl sites for hydroxylation is 2. The van der Waals surface area contributed by atoms with Crippen LogP contribution in [0.3, 0.4) is 0 Å². The van der Waals surface area contributed by atoms with Crippen molar-refractivity contribution in [2.45, 2.75) is 20.3 Å². The minimum atomic E-state index is -0.105. The molecule has 0 aliphatic carbocycles. The Balaban J connectivity index is 1.98. The van der Waals surface area contributed by atoms with Crippen LogP contribution >= 0.6 is 23.2 Å². The SMILES string of the molecule is Cc1nn(C)c(C)c1C(=O)NCCc1cc(Cl)cc(Cl)c1. The van der Waals surface area contributed by atoms with E-state index in [1.54, 1.807) is 10.7 Å². The average molecular weight is 326 g/mol. The molecule has 1 amide bonds. The Morgan fingerprint density at radius 1 is 1.24 bits per heavy atom. The molecule has 0 saturated heterocycles. The molecule has 1 N–H and O–H groups in total. The summed E-state index contributed by atoms with van der Waals surface area (Å²) in [5, 5.41) is 8.34. The normalized spacial score (nSPS) is 10.7. The van der Waals surface area contributed by atoms with E-state index < -0.39 is 0 Å². The number of aromatic nitrogens is 2. The molecular weight excluding hydrogens is 309 g/mol. The van der Waals surface area contributed by atoms with Crippen LogP contribution in [-0.2, 0) is 13.5 Å². The van der Waals surface area contributed by atoms with Crippen molar-refractivity contribution in [1.29, 1.82) is 0 Å². The van der Waals surface area contributed by atoms with Gasteiger partial charge in [0.15, 0.2) is 0 Å². The molecular formula is C15H17Cl2N3O. The summed E-state index contributed by atoms with van der Waals surface area (Å²) in [5.41, 5.74) is 3.23. The van der Waals surface area contributed by atoms with Crippen molar-refractivity contribution < 1.29 is 4.79 Å². The second kappa shape index (κ2) is 6.50. The molecule has 6 heteroatoms. The Morgan fingerprint density at radius 2 is 1.86 bits per heavy atom. The molecule has 0 bridgehead atoms. The van der Waals surface area contributed by atoms with Crippen molar-refractivity contribution in [2.75, 3.05) is 6.54 Å². The maximum Gasteiger partial charge on any atom is 0.255 e. The van der Waals surface area contributed by atoms with Gasteiger partial charge >= 0.3 is 0 Å². The van der Waals surface area contributed by atoms with E-state index in [-0.39, 0.29) is 5.91 Å². The summed E-state index contributed by atoms with van der Waals surface area (Å²) in [6.07, 6.45) is 0.671. The number of hydrogen-bond acceptors (Lipinski definition) is 2. The highest BCUT2D eigenvalue weighted by molar-refractivity contribution is 6.34. The van der Waals surface area contributed by atoms with Crippen molar-refractivity contribution in [3.05, 3.63) is 50.8 Å². The largest absolute Gasteiger partial charge is 0.352 e. The molecule has 1 aromatic heterocycles. The minimum Gasteiger partial charge on any atom is -0.352 e. The zero-order valence-electron chi connectivity index (χ0n) is 12.2. The summed E-state index contributed by atoms with van der Waals surface area (Å²) in [6.45, 7) is 4.23. The summed E-state index contributed by atoms with van der Waals surface area (Å²) in [5.74, 6) is -0.105. The van der Waals surface area contributed by atoms with Crippen LogP contribution in [0, 0.1) is 13.8 Å². The molecule has 4 nitrogen and oxygen atoms in total. The third-order valence-electron chi connectivity index (χ3n) is 3.36. The number of hydrogen-bond donors (Lipinski definition) is 1. The van der Waals surface area contributed by atoms with Gasteiger partial charge in [-0.2, -0.15) is 5.10 Å². The van der Waals surface area contributed by atoms with E-state index in [9.17, 15) is 4.79 Å². The molecule has 2 rings (SSSR count). The lowest BCUT2D eigenvalue weighted by atomic mass is 10.1. The zero-order chi connectivity index (χ0) is 15.6. The number of carbonyl (C=O) groups excluding carboxylic acids is 1. The van der Waals surface area contributed by atoms with Crippen molar-refractivity contribution >= 4 is 29.1 Å². The van der Waals surface area contributed by atoms with E-state index in [1.807, 2.05) is 33.0 Å². The van der Waals surface area contributed by atoms with E-state index in [4.69, 9.17) is 23.2 Å². The molecule has 0 radical (unpaired) electrons. The van der Waals surface area contributed by atoms with E-state index in [2.05, 4.69) is 10.4 Å². The van der Waals surface area contributed by atoms with Crippen molar-refractivity contribution in [2.24, 2.45) is 7.05 Å². The van der Waals surface area contributed by atoms with Crippen LogP contribution in [0.4, 0.5) is 0 Å². The lowest BCUT2D eigenvalue weighted by molar-refractivity contribution is 0.0953. The Hall–Kier alpha value is -1.52. The molecule has 1 aromatic carbocycles. The van der Waals surface area contributed by atoms with Gasteiger partial charge in [-0.15, -0.1) is 0 Å². The summed E-state index contributed by atoms with van der Waals surface area (Å²) in [7, 11) is 1.83. The standard InChI is InChI=1S/C15H17Cl2N3O/c1-9-14(10(2)20(3)19-9)15(21)18-5-4-11-6-12(16)8-13(17)7-11/h6-8H,4-5H2,1-3H3,(H,18,21). The summed E-state index contributed by atoms with van der Waals surface area (Å²) in [4.78, 5) is 12.2. The molecule has 0 aliphatic heterocycles. The Labute approximate surface area is 134 Å². The molecule has 0 atom stereocenters.